The maximum absolute atomic E-state index is 11.9. The topological polar surface area (TPSA) is 67.2 Å². The number of hydrogen-bond acceptors (Lipinski definition) is 4. The molecule has 0 unspecified atom stereocenters. The lowest BCUT2D eigenvalue weighted by atomic mass is 10.3. The largest absolute Gasteiger partial charge is 0.467 e. The van der Waals surface area contributed by atoms with Gasteiger partial charge in [0.25, 0.3) is 5.91 Å². The molecule has 0 aliphatic carbocycles. The van der Waals surface area contributed by atoms with E-state index in [2.05, 4.69) is 22.5 Å². The summed E-state index contributed by atoms with van der Waals surface area (Å²) in [7, 11) is 0. The normalized spacial score (nSPS) is 10.2. The number of furan rings is 1. The number of anilines is 1. The first-order chi connectivity index (χ1) is 9.29. The number of amides is 1. The average Bonchev–Trinajstić information content (AvgIpc) is 2.96. The van der Waals surface area contributed by atoms with E-state index in [0.717, 1.165) is 13.0 Å². The fourth-order valence-corrected chi connectivity index (χ4v) is 1.58. The Morgan fingerprint density at radius 2 is 2.21 bits per heavy atom. The summed E-state index contributed by atoms with van der Waals surface area (Å²) >= 11 is 0. The van der Waals surface area contributed by atoms with Gasteiger partial charge in [-0.25, -0.2) is 4.98 Å². The van der Waals surface area contributed by atoms with Crippen LogP contribution in [0.25, 0.3) is 0 Å². The first-order valence-corrected chi connectivity index (χ1v) is 6.31. The van der Waals surface area contributed by atoms with Crippen molar-refractivity contribution < 1.29 is 9.21 Å². The highest BCUT2D eigenvalue weighted by Gasteiger charge is 2.08. The van der Waals surface area contributed by atoms with Crippen molar-refractivity contribution in [1.29, 1.82) is 0 Å². The Morgan fingerprint density at radius 1 is 1.32 bits per heavy atom. The molecular weight excluding hydrogens is 242 g/mol. The Labute approximate surface area is 112 Å². The number of pyridine rings is 1. The molecule has 5 nitrogen and oxygen atoms in total. The lowest BCUT2D eigenvalue weighted by Gasteiger charge is -2.06. The second-order valence-electron chi connectivity index (χ2n) is 4.10. The zero-order chi connectivity index (χ0) is 13.5. The Hall–Kier alpha value is -2.30. The van der Waals surface area contributed by atoms with E-state index in [9.17, 15) is 4.79 Å². The molecular formula is C14H17N3O2. The van der Waals surface area contributed by atoms with Gasteiger partial charge in [-0.05, 0) is 30.7 Å². The van der Waals surface area contributed by atoms with Crippen molar-refractivity contribution in [2.45, 2.75) is 19.9 Å². The zero-order valence-corrected chi connectivity index (χ0v) is 10.8. The molecule has 5 heteroatoms. The molecule has 1 amide bonds. The van der Waals surface area contributed by atoms with Crippen LogP contribution >= 0.6 is 0 Å². The Bertz CT molecular complexity index is 523. The molecule has 0 aliphatic heterocycles. The molecule has 0 aliphatic rings. The summed E-state index contributed by atoms with van der Waals surface area (Å²) in [6.45, 7) is 3.28. The van der Waals surface area contributed by atoms with Gasteiger partial charge in [-0.15, -0.1) is 0 Å². The smallest absolute Gasteiger partial charge is 0.270 e. The minimum absolute atomic E-state index is 0.212. The zero-order valence-electron chi connectivity index (χ0n) is 10.8. The van der Waals surface area contributed by atoms with Crippen LogP contribution in [-0.2, 0) is 6.54 Å². The molecule has 0 atom stereocenters. The quantitative estimate of drug-likeness (QED) is 0.836. The van der Waals surface area contributed by atoms with Gasteiger partial charge in [-0.3, -0.25) is 4.79 Å². The lowest BCUT2D eigenvalue weighted by molar-refractivity contribution is 0.0943. The van der Waals surface area contributed by atoms with Crippen LogP contribution in [0.4, 0.5) is 5.82 Å². The minimum atomic E-state index is -0.212. The van der Waals surface area contributed by atoms with Crippen LogP contribution < -0.4 is 10.6 Å². The van der Waals surface area contributed by atoms with E-state index >= 15 is 0 Å². The number of nitrogens with one attached hydrogen (secondary N) is 2. The average molecular weight is 259 g/mol. The number of rotatable bonds is 6. The van der Waals surface area contributed by atoms with Crippen LogP contribution in [0.5, 0.6) is 0 Å². The Balaban J connectivity index is 1.94. The van der Waals surface area contributed by atoms with Crippen molar-refractivity contribution in [2.75, 3.05) is 11.9 Å². The summed E-state index contributed by atoms with van der Waals surface area (Å²) in [5, 5.41) is 5.91. The first-order valence-electron chi connectivity index (χ1n) is 6.31. The molecule has 0 saturated carbocycles. The maximum Gasteiger partial charge on any atom is 0.270 e. The van der Waals surface area contributed by atoms with Crippen molar-refractivity contribution in [3.63, 3.8) is 0 Å². The molecule has 0 bridgehead atoms. The molecule has 0 radical (unpaired) electrons. The van der Waals surface area contributed by atoms with Gasteiger partial charge in [0.1, 0.15) is 17.3 Å². The lowest BCUT2D eigenvalue weighted by Crippen LogP contribution is -2.23. The van der Waals surface area contributed by atoms with Crippen LogP contribution in [0.2, 0.25) is 0 Å². The SMILES string of the molecule is CCCNc1cccc(C(=O)NCc2ccco2)n1. The van der Waals surface area contributed by atoms with E-state index in [1.807, 2.05) is 18.2 Å². The molecule has 19 heavy (non-hydrogen) atoms. The molecule has 100 valence electrons. The molecule has 2 aromatic rings. The molecule has 2 heterocycles. The van der Waals surface area contributed by atoms with E-state index in [1.165, 1.54) is 0 Å². The van der Waals surface area contributed by atoms with Gasteiger partial charge in [-0.2, -0.15) is 0 Å². The molecule has 0 saturated heterocycles. The van der Waals surface area contributed by atoms with Crippen LogP contribution in [0.15, 0.2) is 41.0 Å². The van der Waals surface area contributed by atoms with Crippen LogP contribution in [0, 0.1) is 0 Å². The third kappa shape index (κ3) is 3.84. The molecule has 0 fully saturated rings. The second-order valence-corrected chi connectivity index (χ2v) is 4.10. The summed E-state index contributed by atoms with van der Waals surface area (Å²) in [4.78, 5) is 16.2. The van der Waals surface area contributed by atoms with Crippen LogP contribution in [0.3, 0.4) is 0 Å². The monoisotopic (exact) mass is 259 g/mol. The highest BCUT2D eigenvalue weighted by atomic mass is 16.3. The second kappa shape index (κ2) is 6.58. The molecule has 2 rings (SSSR count). The van der Waals surface area contributed by atoms with Gasteiger partial charge in [0, 0.05) is 6.54 Å². The predicted octanol–water partition coefficient (Wildman–Crippen LogP) is 2.43. The van der Waals surface area contributed by atoms with Crippen molar-refractivity contribution >= 4 is 11.7 Å². The van der Waals surface area contributed by atoms with Crippen LogP contribution in [-0.4, -0.2) is 17.4 Å². The van der Waals surface area contributed by atoms with Crippen molar-refractivity contribution in [2.24, 2.45) is 0 Å². The number of carbonyl (C=O) groups is 1. The Kier molecular flexibility index (Phi) is 4.55. The van der Waals surface area contributed by atoms with Gasteiger partial charge in [0.05, 0.1) is 12.8 Å². The van der Waals surface area contributed by atoms with Gasteiger partial charge < -0.3 is 15.1 Å². The summed E-state index contributed by atoms with van der Waals surface area (Å²) in [6, 6.07) is 8.95. The van der Waals surface area contributed by atoms with E-state index in [-0.39, 0.29) is 5.91 Å². The van der Waals surface area contributed by atoms with Crippen molar-refractivity contribution in [3.8, 4) is 0 Å². The highest BCUT2D eigenvalue weighted by molar-refractivity contribution is 5.92. The van der Waals surface area contributed by atoms with Crippen LogP contribution in [0.1, 0.15) is 29.6 Å². The number of aromatic nitrogens is 1. The number of hydrogen-bond donors (Lipinski definition) is 2. The standard InChI is InChI=1S/C14H17N3O2/c1-2-8-15-13-7-3-6-12(17-13)14(18)16-10-11-5-4-9-19-11/h3-7,9H,2,8,10H2,1H3,(H,15,17)(H,16,18). The van der Waals surface area contributed by atoms with Crippen molar-refractivity contribution in [1.82, 2.24) is 10.3 Å². The van der Waals surface area contributed by atoms with E-state index in [1.54, 1.807) is 18.4 Å². The van der Waals surface area contributed by atoms with Gasteiger partial charge in [0.15, 0.2) is 0 Å². The molecule has 0 spiro atoms. The van der Waals surface area contributed by atoms with Gasteiger partial charge >= 0.3 is 0 Å². The summed E-state index contributed by atoms with van der Waals surface area (Å²) in [5.74, 6) is 1.22. The first kappa shape index (κ1) is 13.1. The predicted molar refractivity (Wildman–Crippen MR) is 72.9 cm³/mol. The summed E-state index contributed by atoms with van der Waals surface area (Å²) in [6.07, 6.45) is 2.59. The van der Waals surface area contributed by atoms with Gasteiger partial charge in [-0.1, -0.05) is 13.0 Å². The fourth-order valence-electron chi connectivity index (χ4n) is 1.58. The molecule has 0 aromatic carbocycles. The van der Waals surface area contributed by atoms with E-state index in [0.29, 0.717) is 23.8 Å². The van der Waals surface area contributed by atoms with Gasteiger partial charge in [0.2, 0.25) is 0 Å². The van der Waals surface area contributed by atoms with Crippen molar-refractivity contribution in [3.05, 3.63) is 48.0 Å². The number of nitrogens with zero attached hydrogens (tertiary/aromatic N) is 1. The van der Waals surface area contributed by atoms with E-state index in [4.69, 9.17) is 4.42 Å². The third-order valence-electron chi connectivity index (χ3n) is 2.54. The highest BCUT2D eigenvalue weighted by Crippen LogP contribution is 2.05. The maximum atomic E-state index is 11.9. The molecule has 2 N–H and O–H groups in total. The summed E-state index contributed by atoms with van der Waals surface area (Å²) < 4.78 is 5.15. The number of carbonyl (C=O) groups excluding carboxylic acids is 1. The Morgan fingerprint density at radius 3 is 2.95 bits per heavy atom. The minimum Gasteiger partial charge on any atom is -0.467 e. The third-order valence-corrected chi connectivity index (χ3v) is 2.54. The summed E-state index contributed by atoms with van der Waals surface area (Å²) in [5.41, 5.74) is 0.396. The fraction of sp³-hybridized carbons (Fsp3) is 0.286. The molecule has 2 aromatic heterocycles. The van der Waals surface area contributed by atoms with E-state index < -0.39 is 0 Å².